The van der Waals surface area contributed by atoms with Gasteiger partial charge >= 0.3 is 5.97 Å². The van der Waals surface area contributed by atoms with Gasteiger partial charge in [0.15, 0.2) is 5.78 Å². The molecule has 0 aliphatic carbocycles. The summed E-state index contributed by atoms with van der Waals surface area (Å²) in [7, 11) is 0. The van der Waals surface area contributed by atoms with Crippen molar-refractivity contribution in [1.29, 1.82) is 0 Å². The summed E-state index contributed by atoms with van der Waals surface area (Å²) in [4.78, 5) is 24.0. The highest BCUT2D eigenvalue weighted by atomic mass is 16.5. The lowest BCUT2D eigenvalue weighted by Crippen LogP contribution is -2.27. The van der Waals surface area contributed by atoms with Crippen LogP contribution >= 0.6 is 0 Å². The van der Waals surface area contributed by atoms with Crippen molar-refractivity contribution < 1.29 is 14.3 Å². The van der Waals surface area contributed by atoms with Crippen molar-refractivity contribution in [3.63, 3.8) is 0 Å². The predicted molar refractivity (Wildman–Crippen MR) is 75.8 cm³/mol. The first kappa shape index (κ1) is 14.0. The number of hydrogen-bond donors (Lipinski definition) is 1. The second-order valence-electron chi connectivity index (χ2n) is 4.40. The van der Waals surface area contributed by atoms with E-state index in [0.717, 1.165) is 0 Å². The Morgan fingerprint density at radius 1 is 1.00 bits per heavy atom. The maximum Gasteiger partial charge on any atom is 0.343 e. The Bertz CT molecular complexity index is 621. The summed E-state index contributed by atoms with van der Waals surface area (Å²) in [5.41, 5.74) is 6.33. The van der Waals surface area contributed by atoms with Gasteiger partial charge in [0.25, 0.3) is 0 Å². The number of carbonyl (C=O) groups is 2. The fraction of sp³-hybridized carbons (Fsp3) is 0.125. The van der Waals surface area contributed by atoms with E-state index in [1.54, 1.807) is 55.5 Å². The molecule has 0 bridgehead atoms. The van der Waals surface area contributed by atoms with E-state index in [4.69, 9.17) is 10.5 Å². The van der Waals surface area contributed by atoms with E-state index < -0.39 is 12.0 Å². The maximum absolute atomic E-state index is 12.0. The summed E-state index contributed by atoms with van der Waals surface area (Å²) in [6, 6.07) is 14.5. The maximum atomic E-state index is 12.0. The van der Waals surface area contributed by atoms with Gasteiger partial charge in [0.1, 0.15) is 5.75 Å². The fourth-order valence-corrected chi connectivity index (χ4v) is 1.74. The third-order valence-electron chi connectivity index (χ3n) is 2.78. The van der Waals surface area contributed by atoms with Crippen molar-refractivity contribution in [2.45, 2.75) is 13.0 Å². The second kappa shape index (κ2) is 6.12. The number of nitrogens with two attached hydrogens (primary N) is 1. The summed E-state index contributed by atoms with van der Waals surface area (Å²) >= 11 is 0. The molecule has 0 fully saturated rings. The minimum atomic E-state index is -0.647. The number of ketones is 1. The Morgan fingerprint density at radius 2 is 1.60 bits per heavy atom. The van der Waals surface area contributed by atoms with Gasteiger partial charge in [0.2, 0.25) is 0 Å². The van der Waals surface area contributed by atoms with Crippen LogP contribution in [0.25, 0.3) is 0 Å². The lowest BCUT2D eigenvalue weighted by Gasteiger charge is -2.10. The third-order valence-corrected chi connectivity index (χ3v) is 2.78. The first-order valence-electron chi connectivity index (χ1n) is 6.25. The van der Waals surface area contributed by atoms with Crippen LogP contribution in [0, 0.1) is 0 Å². The van der Waals surface area contributed by atoms with Gasteiger partial charge < -0.3 is 10.5 Å². The van der Waals surface area contributed by atoms with Crippen LogP contribution in [-0.4, -0.2) is 17.8 Å². The van der Waals surface area contributed by atoms with Gasteiger partial charge in [-0.1, -0.05) is 30.3 Å². The van der Waals surface area contributed by atoms with Crippen molar-refractivity contribution in [3.05, 3.63) is 65.7 Å². The zero-order chi connectivity index (χ0) is 14.5. The molecule has 102 valence electrons. The van der Waals surface area contributed by atoms with Crippen molar-refractivity contribution >= 4 is 11.8 Å². The molecule has 0 aromatic heterocycles. The Kier molecular flexibility index (Phi) is 4.27. The van der Waals surface area contributed by atoms with Crippen LogP contribution in [0.3, 0.4) is 0 Å². The molecule has 2 rings (SSSR count). The van der Waals surface area contributed by atoms with Gasteiger partial charge in [-0.2, -0.15) is 0 Å². The number of carbonyl (C=O) groups excluding carboxylic acids is 2. The zero-order valence-corrected chi connectivity index (χ0v) is 11.1. The molecule has 0 saturated heterocycles. The zero-order valence-electron chi connectivity index (χ0n) is 11.1. The van der Waals surface area contributed by atoms with E-state index in [-0.39, 0.29) is 11.5 Å². The number of benzene rings is 2. The molecular formula is C16H15NO3. The number of para-hydroxylation sites is 1. The predicted octanol–water partition coefficient (Wildman–Crippen LogP) is 2.44. The van der Waals surface area contributed by atoms with Crippen LogP contribution in [0.4, 0.5) is 0 Å². The van der Waals surface area contributed by atoms with Crippen LogP contribution < -0.4 is 10.5 Å². The SMILES string of the molecule is CC(N)C(=O)c1ccccc1OC(=O)c1ccccc1. The molecule has 0 aliphatic rings. The molecule has 0 amide bonds. The number of hydrogen-bond acceptors (Lipinski definition) is 4. The molecule has 2 aromatic rings. The lowest BCUT2D eigenvalue weighted by molar-refractivity contribution is 0.0732. The van der Waals surface area contributed by atoms with Crippen molar-refractivity contribution in [3.8, 4) is 5.75 Å². The highest BCUT2D eigenvalue weighted by molar-refractivity contribution is 6.03. The molecular weight excluding hydrogens is 254 g/mol. The molecule has 0 radical (unpaired) electrons. The Balaban J connectivity index is 2.26. The summed E-state index contributed by atoms with van der Waals surface area (Å²) in [6.45, 7) is 1.60. The van der Waals surface area contributed by atoms with Crippen LogP contribution in [-0.2, 0) is 0 Å². The molecule has 1 unspecified atom stereocenters. The molecule has 0 spiro atoms. The Morgan fingerprint density at radius 3 is 2.25 bits per heavy atom. The van der Waals surface area contributed by atoms with Crippen LogP contribution in [0.15, 0.2) is 54.6 Å². The molecule has 4 heteroatoms. The molecule has 4 nitrogen and oxygen atoms in total. The number of esters is 1. The van der Waals surface area contributed by atoms with E-state index in [1.807, 2.05) is 6.07 Å². The highest BCUT2D eigenvalue weighted by Gasteiger charge is 2.18. The summed E-state index contributed by atoms with van der Waals surface area (Å²) in [5, 5.41) is 0. The Hall–Kier alpha value is -2.46. The summed E-state index contributed by atoms with van der Waals surface area (Å²) < 4.78 is 5.29. The lowest BCUT2D eigenvalue weighted by atomic mass is 10.1. The second-order valence-corrected chi connectivity index (χ2v) is 4.40. The quantitative estimate of drug-likeness (QED) is 0.526. The normalized spacial score (nSPS) is 11.7. The van der Waals surface area contributed by atoms with Crippen molar-refractivity contribution in [1.82, 2.24) is 0 Å². The number of ether oxygens (including phenoxy) is 1. The van der Waals surface area contributed by atoms with Crippen molar-refractivity contribution in [2.24, 2.45) is 5.73 Å². The van der Waals surface area contributed by atoms with E-state index in [1.165, 1.54) is 0 Å². The van der Waals surface area contributed by atoms with E-state index in [9.17, 15) is 9.59 Å². The van der Waals surface area contributed by atoms with E-state index >= 15 is 0 Å². The number of Topliss-reactive ketones (excluding diaryl/α,β-unsaturated/α-hetero) is 1. The third kappa shape index (κ3) is 3.10. The van der Waals surface area contributed by atoms with Gasteiger partial charge in [0, 0.05) is 0 Å². The molecule has 0 heterocycles. The molecule has 0 saturated carbocycles. The number of rotatable bonds is 4. The monoisotopic (exact) mass is 269 g/mol. The van der Waals surface area contributed by atoms with Gasteiger partial charge in [-0.25, -0.2) is 4.79 Å². The van der Waals surface area contributed by atoms with E-state index in [0.29, 0.717) is 11.1 Å². The highest BCUT2D eigenvalue weighted by Crippen LogP contribution is 2.20. The first-order valence-corrected chi connectivity index (χ1v) is 6.25. The molecule has 0 aliphatic heterocycles. The molecule has 2 aromatic carbocycles. The van der Waals surface area contributed by atoms with Crippen LogP contribution in [0.5, 0.6) is 5.75 Å². The van der Waals surface area contributed by atoms with Crippen LogP contribution in [0.2, 0.25) is 0 Å². The Labute approximate surface area is 117 Å². The topological polar surface area (TPSA) is 69.4 Å². The average Bonchev–Trinajstić information content (AvgIpc) is 2.48. The average molecular weight is 269 g/mol. The largest absolute Gasteiger partial charge is 0.422 e. The van der Waals surface area contributed by atoms with Gasteiger partial charge in [-0.05, 0) is 31.2 Å². The van der Waals surface area contributed by atoms with Gasteiger partial charge in [-0.15, -0.1) is 0 Å². The summed E-state index contributed by atoms with van der Waals surface area (Å²) in [6.07, 6.45) is 0. The van der Waals surface area contributed by atoms with Gasteiger partial charge in [-0.3, -0.25) is 4.79 Å². The van der Waals surface area contributed by atoms with Gasteiger partial charge in [0.05, 0.1) is 17.2 Å². The minimum absolute atomic E-state index is 0.226. The minimum Gasteiger partial charge on any atom is -0.422 e. The fourth-order valence-electron chi connectivity index (χ4n) is 1.74. The standard InChI is InChI=1S/C16H15NO3/c1-11(17)15(18)13-9-5-6-10-14(13)20-16(19)12-7-3-2-4-8-12/h2-11H,17H2,1H3. The van der Waals surface area contributed by atoms with Crippen molar-refractivity contribution in [2.75, 3.05) is 0 Å². The molecule has 20 heavy (non-hydrogen) atoms. The molecule has 1 atom stereocenters. The smallest absolute Gasteiger partial charge is 0.343 e. The van der Waals surface area contributed by atoms with E-state index in [2.05, 4.69) is 0 Å². The van der Waals surface area contributed by atoms with Crippen LogP contribution in [0.1, 0.15) is 27.6 Å². The molecule has 2 N–H and O–H groups in total. The first-order chi connectivity index (χ1) is 9.59. The summed E-state index contributed by atoms with van der Waals surface area (Å²) in [5.74, 6) is -0.541.